The van der Waals surface area contributed by atoms with Crippen molar-refractivity contribution in [2.75, 3.05) is 6.61 Å². The van der Waals surface area contributed by atoms with Crippen molar-refractivity contribution in [3.05, 3.63) is 57.8 Å². The van der Waals surface area contributed by atoms with Gasteiger partial charge in [-0.15, -0.1) is 0 Å². The van der Waals surface area contributed by atoms with Crippen LogP contribution in [0.3, 0.4) is 0 Å². The average Bonchev–Trinajstić information content (AvgIpc) is 2.97. The highest BCUT2D eigenvalue weighted by Crippen LogP contribution is 2.60. The molecule has 2 bridgehead atoms. The van der Waals surface area contributed by atoms with Crippen molar-refractivity contribution in [1.82, 2.24) is 10.6 Å². The van der Waals surface area contributed by atoms with Crippen LogP contribution in [0.5, 0.6) is 11.5 Å². The molecule has 10 heteroatoms. The Morgan fingerprint density at radius 1 is 1.09 bits per heavy atom. The third kappa shape index (κ3) is 3.61. The Morgan fingerprint density at radius 3 is 2.48 bits per heavy atom. The first-order chi connectivity index (χ1) is 15.5. The molecule has 2 amide bonds. The van der Waals surface area contributed by atoms with Crippen LogP contribution in [0.2, 0.25) is 10.0 Å². The molecule has 4 aliphatic rings. The number of fused-ring (bicyclic) bond motifs is 1. The lowest BCUT2D eigenvalue weighted by Gasteiger charge is -2.70. The van der Waals surface area contributed by atoms with Gasteiger partial charge in [0.1, 0.15) is 17.3 Å². The van der Waals surface area contributed by atoms with E-state index in [0.717, 1.165) is 6.07 Å². The molecule has 2 N–H and O–H groups in total. The summed E-state index contributed by atoms with van der Waals surface area (Å²) in [5, 5.41) is 6.21. The second-order valence-electron chi connectivity index (χ2n) is 9.06. The second-order valence-corrected chi connectivity index (χ2v) is 9.91. The van der Waals surface area contributed by atoms with Crippen LogP contribution in [0.25, 0.3) is 0 Å². The molecule has 3 saturated carbocycles. The maximum absolute atomic E-state index is 13.5. The molecule has 1 heterocycles. The predicted octanol–water partition coefficient (Wildman–Crippen LogP) is 3.45. The summed E-state index contributed by atoms with van der Waals surface area (Å²) < 4.78 is 24.5. The third-order valence-corrected chi connectivity index (χ3v) is 6.98. The lowest BCUT2D eigenvalue weighted by molar-refractivity contribution is -0.155. The van der Waals surface area contributed by atoms with Crippen LogP contribution >= 0.6 is 23.2 Å². The van der Waals surface area contributed by atoms with Gasteiger partial charge in [-0.25, -0.2) is 4.39 Å². The molecule has 0 radical (unpaired) electrons. The minimum atomic E-state index is -1.67. The van der Waals surface area contributed by atoms with Gasteiger partial charge in [-0.05, 0) is 56.5 Å². The van der Waals surface area contributed by atoms with Gasteiger partial charge in [0.2, 0.25) is 11.4 Å². The van der Waals surface area contributed by atoms with Crippen LogP contribution in [0.4, 0.5) is 4.39 Å². The van der Waals surface area contributed by atoms with E-state index in [4.69, 9.17) is 32.7 Å². The van der Waals surface area contributed by atoms with Gasteiger partial charge in [-0.2, -0.15) is 0 Å². The summed E-state index contributed by atoms with van der Waals surface area (Å²) in [7, 11) is 0. The number of nitrogens with one attached hydrogen (secondary N) is 2. The lowest BCUT2D eigenvalue weighted by Crippen LogP contribution is -2.84. The van der Waals surface area contributed by atoms with Crippen molar-refractivity contribution in [2.24, 2.45) is 0 Å². The number of Topliss-reactive ketones (excluding diaryl/α,β-unsaturated/α-hetero) is 1. The summed E-state index contributed by atoms with van der Waals surface area (Å²) in [6.07, 6.45) is 1.61. The molecule has 6 rings (SSSR count). The van der Waals surface area contributed by atoms with Gasteiger partial charge in [-0.1, -0.05) is 23.2 Å². The van der Waals surface area contributed by atoms with E-state index in [1.165, 1.54) is 25.1 Å². The standard InChI is InChI=1S/C23H19Cl2FN2O5/c1-21(19(30)14-6-12(24)2-5-17(14)33-21)20(31)28-23-9-22(10-23,11-23)27-18(29)8-32-13-3-4-15(25)16(26)7-13/h2-7H,8-11H2,1H3,(H,27,29)(H,28,31)/t21-,22?,23?/m0/s1. The molecule has 2 aromatic carbocycles. The molecular weight excluding hydrogens is 474 g/mol. The van der Waals surface area contributed by atoms with E-state index < -0.39 is 34.2 Å². The number of carbonyl (C=O) groups excluding carboxylic acids is 3. The van der Waals surface area contributed by atoms with E-state index in [1.807, 2.05) is 0 Å². The number of hydrogen-bond acceptors (Lipinski definition) is 5. The van der Waals surface area contributed by atoms with Crippen LogP contribution in [0.15, 0.2) is 36.4 Å². The molecule has 7 nitrogen and oxygen atoms in total. The van der Waals surface area contributed by atoms with E-state index in [-0.39, 0.29) is 28.8 Å². The highest BCUT2D eigenvalue weighted by Gasteiger charge is 2.70. The largest absolute Gasteiger partial charge is 0.484 e. The van der Waals surface area contributed by atoms with Gasteiger partial charge in [0.05, 0.1) is 10.6 Å². The van der Waals surface area contributed by atoms with E-state index >= 15 is 0 Å². The van der Waals surface area contributed by atoms with Crippen molar-refractivity contribution >= 4 is 40.8 Å². The quantitative estimate of drug-likeness (QED) is 0.602. The summed E-state index contributed by atoms with van der Waals surface area (Å²) in [6.45, 7) is 1.17. The fourth-order valence-electron chi connectivity index (χ4n) is 4.90. The maximum atomic E-state index is 13.5. The smallest absolute Gasteiger partial charge is 0.272 e. The molecule has 2 aromatic rings. The first-order valence-electron chi connectivity index (χ1n) is 10.3. The number of rotatable bonds is 6. The van der Waals surface area contributed by atoms with Crippen LogP contribution < -0.4 is 20.1 Å². The Morgan fingerprint density at radius 2 is 1.79 bits per heavy atom. The minimum absolute atomic E-state index is 0.0285. The van der Waals surface area contributed by atoms with Crippen LogP contribution in [-0.2, 0) is 9.59 Å². The Balaban J connectivity index is 1.13. The van der Waals surface area contributed by atoms with E-state index in [1.54, 1.807) is 12.1 Å². The third-order valence-electron chi connectivity index (χ3n) is 6.44. The Bertz CT molecular complexity index is 1200. The zero-order valence-corrected chi connectivity index (χ0v) is 19.0. The minimum Gasteiger partial charge on any atom is -0.484 e. The van der Waals surface area contributed by atoms with Gasteiger partial charge in [0.25, 0.3) is 11.8 Å². The number of ether oxygens (including phenoxy) is 2. The molecule has 172 valence electrons. The number of hydrogen-bond donors (Lipinski definition) is 2. The molecular formula is C23H19Cl2FN2O5. The monoisotopic (exact) mass is 492 g/mol. The van der Waals surface area contributed by atoms with Crippen molar-refractivity contribution in [2.45, 2.75) is 42.9 Å². The predicted molar refractivity (Wildman–Crippen MR) is 117 cm³/mol. The topological polar surface area (TPSA) is 93.7 Å². The lowest BCUT2D eigenvalue weighted by atomic mass is 9.44. The number of ketones is 1. The molecule has 1 atom stereocenters. The van der Waals surface area contributed by atoms with Gasteiger partial charge < -0.3 is 20.1 Å². The molecule has 0 unspecified atom stereocenters. The Labute approximate surface area is 198 Å². The molecule has 0 spiro atoms. The van der Waals surface area contributed by atoms with Crippen LogP contribution in [0.1, 0.15) is 36.5 Å². The van der Waals surface area contributed by atoms with Gasteiger partial charge in [0.15, 0.2) is 6.61 Å². The van der Waals surface area contributed by atoms with Gasteiger partial charge in [0, 0.05) is 22.2 Å². The molecule has 1 aliphatic heterocycles. The molecule has 0 saturated heterocycles. The molecule has 3 fully saturated rings. The zero-order valence-electron chi connectivity index (χ0n) is 17.5. The average molecular weight is 493 g/mol. The second kappa shape index (κ2) is 7.33. The first kappa shape index (κ1) is 22.0. The highest BCUT2D eigenvalue weighted by molar-refractivity contribution is 6.31. The normalized spacial score (nSPS) is 28.7. The Kier molecular flexibility index (Phi) is 4.88. The Hall–Kier alpha value is -2.84. The number of amides is 2. The van der Waals surface area contributed by atoms with Crippen molar-refractivity contribution in [1.29, 1.82) is 0 Å². The van der Waals surface area contributed by atoms with Crippen LogP contribution in [0, 0.1) is 5.82 Å². The molecule has 33 heavy (non-hydrogen) atoms. The summed E-state index contributed by atoms with van der Waals surface area (Å²) in [6, 6.07) is 8.59. The highest BCUT2D eigenvalue weighted by atomic mass is 35.5. The van der Waals surface area contributed by atoms with Crippen molar-refractivity contribution in [3.8, 4) is 11.5 Å². The fraction of sp³-hybridized carbons (Fsp3) is 0.348. The number of benzene rings is 2. The van der Waals surface area contributed by atoms with E-state index in [2.05, 4.69) is 10.6 Å². The van der Waals surface area contributed by atoms with Gasteiger partial charge in [-0.3, -0.25) is 14.4 Å². The van der Waals surface area contributed by atoms with Crippen LogP contribution in [-0.4, -0.2) is 40.9 Å². The van der Waals surface area contributed by atoms with E-state index in [0.29, 0.717) is 30.0 Å². The summed E-state index contributed by atoms with van der Waals surface area (Å²) in [5.41, 5.74) is -2.29. The summed E-state index contributed by atoms with van der Waals surface area (Å²) in [5.74, 6) is -1.42. The first-order valence-corrected chi connectivity index (χ1v) is 11.0. The maximum Gasteiger partial charge on any atom is 0.272 e. The summed E-state index contributed by atoms with van der Waals surface area (Å²) in [4.78, 5) is 38.0. The zero-order chi connectivity index (χ0) is 23.6. The summed E-state index contributed by atoms with van der Waals surface area (Å²) >= 11 is 11.6. The number of carbonyl (C=O) groups is 3. The van der Waals surface area contributed by atoms with Crippen molar-refractivity contribution in [3.63, 3.8) is 0 Å². The molecule has 0 aromatic heterocycles. The fourth-order valence-corrected chi connectivity index (χ4v) is 5.19. The van der Waals surface area contributed by atoms with Crippen molar-refractivity contribution < 1.29 is 28.2 Å². The van der Waals surface area contributed by atoms with E-state index in [9.17, 15) is 18.8 Å². The molecule has 3 aliphatic carbocycles. The van der Waals surface area contributed by atoms with Gasteiger partial charge >= 0.3 is 0 Å². The number of halogens is 3. The SMILES string of the molecule is C[C@]1(C(=O)NC23CC(NC(=O)COc4ccc(Cl)c(F)c4)(C2)C3)Oc2ccc(Cl)cc2C1=O.